The maximum atomic E-state index is 10.9. The van der Waals surface area contributed by atoms with Crippen molar-refractivity contribution in [2.24, 2.45) is 5.92 Å². The predicted octanol–water partition coefficient (Wildman–Crippen LogP) is 1.52. The minimum absolute atomic E-state index is 0.132. The van der Waals surface area contributed by atoms with Gasteiger partial charge in [0.15, 0.2) is 17.4 Å². The van der Waals surface area contributed by atoms with Crippen molar-refractivity contribution >= 4 is 11.9 Å². The van der Waals surface area contributed by atoms with Gasteiger partial charge >= 0.3 is 11.9 Å². The van der Waals surface area contributed by atoms with E-state index in [4.69, 9.17) is 19.7 Å². The summed E-state index contributed by atoms with van der Waals surface area (Å²) in [6.07, 6.45) is -0.231. The number of aromatic hydroxyl groups is 1. The van der Waals surface area contributed by atoms with Crippen LogP contribution < -0.4 is 9.47 Å². The van der Waals surface area contributed by atoms with Crippen LogP contribution in [-0.4, -0.2) is 40.5 Å². The Balaban J connectivity index is 3.16. The summed E-state index contributed by atoms with van der Waals surface area (Å²) in [5.41, 5.74) is 0.398. The monoisotopic (exact) mass is 298 g/mol. The van der Waals surface area contributed by atoms with Crippen molar-refractivity contribution in [3.63, 3.8) is 0 Å². The molecule has 0 saturated heterocycles. The molecule has 1 rings (SSSR count). The number of carboxylic acid groups (broad SMARTS) is 2. The molecule has 0 aliphatic carbocycles. The minimum Gasteiger partial charge on any atom is -0.502 e. The van der Waals surface area contributed by atoms with E-state index in [0.717, 1.165) is 0 Å². The standard InChI is InChI=1S/C14H18O7/c1-3-20-10-6-8(5-9(13(16)17)14(18)19)7-11(12(10)15)21-4-2/h6-7,9,15H,3-5H2,1-2H3,(H,16,17)(H,18,19). The molecule has 0 aliphatic heterocycles. The highest BCUT2D eigenvalue weighted by atomic mass is 16.5. The molecule has 21 heavy (non-hydrogen) atoms. The summed E-state index contributed by atoms with van der Waals surface area (Å²) in [5.74, 6) is -4.35. The number of hydrogen-bond donors (Lipinski definition) is 3. The molecule has 1 aromatic rings. The molecule has 0 aliphatic rings. The number of phenolic OH excluding ortho intramolecular Hbond substituents is 1. The largest absolute Gasteiger partial charge is 0.502 e. The summed E-state index contributed by atoms with van der Waals surface area (Å²) in [6.45, 7) is 4.04. The van der Waals surface area contributed by atoms with Gasteiger partial charge < -0.3 is 24.8 Å². The highest BCUT2D eigenvalue weighted by molar-refractivity contribution is 5.93. The molecule has 0 atom stereocenters. The number of benzene rings is 1. The number of ether oxygens (including phenoxy) is 2. The number of aliphatic carboxylic acids is 2. The molecule has 3 N–H and O–H groups in total. The average molecular weight is 298 g/mol. The molecule has 0 unspecified atom stereocenters. The quantitative estimate of drug-likeness (QED) is 0.623. The fourth-order valence-corrected chi connectivity index (χ4v) is 1.80. The zero-order chi connectivity index (χ0) is 16.0. The number of carboxylic acids is 2. The Bertz CT molecular complexity index is 483. The Kier molecular flexibility index (Phi) is 5.83. The van der Waals surface area contributed by atoms with Gasteiger partial charge in [0.05, 0.1) is 13.2 Å². The van der Waals surface area contributed by atoms with Crippen LogP contribution in [0.4, 0.5) is 0 Å². The first kappa shape index (κ1) is 16.6. The highest BCUT2D eigenvalue weighted by Gasteiger charge is 2.27. The van der Waals surface area contributed by atoms with Crippen LogP contribution >= 0.6 is 0 Å². The van der Waals surface area contributed by atoms with Crippen LogP contribution in [0.15, 0.2) is 12.1 Å². The van der Waals surface area contributed by atoms with Crippen LogP contribution in [0.25, 0.3) is 0 Å². The lowest BCUT2D eigenvalue weighted by molar-refractivity contribution is -0.154. The Morgan fingerprint density at radius 3 is 1.81 bits per heavy atom. The third-order valence-electron chi connectivity index (χ3n) is 2.74. The van der Waals surface area contributed by atoms with E-state index >= 15 is 0 Å². The van der Waals surface area contributed by atoms with Gasteiger partial charge in [-0.15, -0.1) is 0 Å². The van der Waals surface area contributed by atoms with Crippen molar-refractivity contribution in [1.82, 2.24) is 0 Å². The van der Waals surface area contributed by atoms with Gasteiger partial charge in [0, 0.05) is 0 Å². The van der Waals surface area contributed by atoms with Crippen molar-refractivity contribution < 1.29 is 34.4 Å². The van der Waals surface area contributed by atoms with Crippen LogP contribution in [0.2, 0.25) is 0 Å². The Labute approximate surface area is 121 Å². The molecule has 7 heteroatoms. The molecule has 0 heterocycles. The first-order valence-electron chi connectivity index (χ1n) is 6.47. The van der Waals surface area contributed by atoms with Crippen LogP contribution in [0, 0.1) is 5.92 Å². The van der Waals surface area contributed by atoms with E-state index < -0.39 is 17.9 Å². The molecule has 0 aromatic heterocycles. The Hall–Kier alpha value is -2.44. The zero-order valence-corrected chi connectivity index (χ0v) is 11.8. The lowest BCUT2D eigenvalue weighted by Crippen LogP contribution is -2.25. The third kappa shape index (κ3) is 4.27. The van der Waals surface area contributed by atoms with E-state index in [1.54, 1.807) is 13.8 Å². The fraction of sp³-hybridized carbons (Fsp3) is 0.429. The van der Waals surface area contributed by atoms with Crippen molar-refractivity contribution in [1.29, 1.82) is 0 Å². The molecule has 7 nitrogen and oxygen atoms in total. The summed E-state index contributed by atoms with van der Waals surface area (Å²) in [7, 11) is 0. The molecule has 0 radical (unpaired) electrons. The van der Waals surface area contributed by atoms with E-state index in [1.165, 1.54) is 12.1 Å². The molecule has 0 spiro atoms. The van der Waals surface area contributed by atoms with E-state index in [-0.39, 0.29) is 23.7 Å². The van der Waals surface area contributed by atoms with Crippen LogP contribution in [0.1, 0.15) is 19.4 Å². The van der Waals surface area contributed by atoms with Gasteiger partial charge in [-0.25, -0.2) is 0 Å². The lowest BCUT2D eigenvalue weighted by Gasteiger charge is -2.14. The van der Waals surface area contributed by atoms with Crippen LogP contribution in [-0.2, 0) is 16.0 Å². The van der Waals surface area contributed by atoms with Gasteiger partial charge in [-0.3, -0.25) is 9.59 Å². The van der Waals surface area contributed by atoms with E-state index in [2.05, 4.69) is 0 Å². The smallest absolute Gasteiger partial charge is 0.318 e. The minimum atomic E-state index is -1.57. The maximum Gasteiger partial charge on any atom is 0.318 e. The van der Waals surface area contributed by atoms with Gasteiger partial charge in [-0.2, -0.15) is 0 Å². The van der Waals surface area contributed by atoms with Crippen molar-refractivity contribution in [2.75, 3.05) is 13.2 Å². The SMILES string of the molecule is CCOc1cc(CC(C(=O)O)C(=O)O)cc(OCC)c1O. The van der Waals surface area contributed by atoms with E-state index in [0.29, 0.717) is 18.8 Å². The first-order valence-corrected chi connectivity index (χ1v) is 6.47. The average Bonchev–Trinajstić information content (AvgIpc) is 2.40. The molecule has 0 bridgehead atoms. The van der Waals surface area contributed by atoms with Gasteiger partial charge in [0.2, 0.25) is 5.75 Å². The predicted molar refractivity (Wildman–Crippen MR) is 72.9 cm³/mol. The van der Waals surface area contributed by atoms with Gasteiger partial charge in [0.25, 0.3) is 0 Å². The fourth-order valence-electron chi connectivity index (χ4n) is 1.80. The molecular weight excluding hydrogens is 280 g/mol. The van der Waals surface area contributed by atoms with Gasteiger partial charge in [0.1, 0.15) is 0 Å². The molecule has 0 fully saturated rings. The summed E-state index contributed by atoms with van der Waals surface area (Å²) >= 11 is 0. The van der Waals surface area contributed by atoms with Gasteiger partial charge in [-0.05, 0) is 38.0 Å². The maximum absolute atomic E-state index is 10.9. The second-order valence-corrected chi connectivity index (χ2v) is 4.24. The van der Waals surface area contributed by atoms with E-state index in [1.807, 2.05) is 0 Å². The van der Waals surface area contributed by atoms with Crippen molar-refractivity contribution in [3.8, 4) is 17.2 Å². The molecular formula is C14H18O7. The second kappa shape index (κ2) is 7.37. The van der Waals surface area contributed by atoms with Crippen LogP contribution in [0.5, 0.6) is 17.2 Å². The number of phenols is 1. The number of rotatable bonds is 8. The summed E-state index contributed by atoms with van der Waals surface area (Å²) in [4.78, 5) is 21.9. The third-order valence-corrected chi connectivity index (χ3v) is 2.74. The van der Waals surface area contributed by atoms with Crippen molar-refractivity contribution in [3.05, 3.63) is 17.7 Å². The highest BCUT2D eigenvalue weighted by Crippen LogP contribution is 2.38. The first-order chi connectivity index (χ1) is 9.90. The lowest BCUT2D eigenvalue weighted by atomic mass is 9.99. The van der Waals surface area contributed by atoms with Crippen molar-refractivity contribution in [2.45, 2.75) is 20.3 Å². The van der Waals surface area contributed by atoms with Gasteiger partial charge in [-0.1, -0.05) is 0 Å². The second-order valence-electron chi connectivity index (χ2n) is 4.24. The topological polar surface area (TPSA) is 113 Å². The summed E-state index contributed by atoms with van der Waals surface area (Å²) in [6, 6.07) is 2.83. The molecule has 0 amide bonds. The summed E-state index contributed by atoms with van der Waals surface area (Å²) < 4.78 is 10.5. The molecule has 116 valence electrons. The van der Waals surface area contributed by atoms with Crippen LogP contribution in [0.3, 0.4) is 0 Å². The Morgan fingerprint density at radius 1 is 1.05 bits per heavy atom. The zero-order valence-electron chi connectivity index (χ0n) is 11.8. The Morgan fingerprint density at radius 2 is 1.48 bits per heavy atom. The van der Waals surface area contributed by atoms with E-state index in [9.17, 15) is 14.7 Å². The normalized spacial score (nSPS) is 10.4. The molecule has 0 saturated carbocycles. The molecule has 1 aromatic carbocycles. The number of carbonyl (C=O) groups is 2. The summed E-state index contributed by atoms with van der Waals surface area (Å²) in [5, 5.41) is 27.8. The number of hydrogen-bond acceptors (Lipinski definition) is 5.